The minimum absolute atomic E-state index is 0.0395. The Bertz CT molecular complexity index is 1280. The molecule has 0 atom stereocenters. The van der Waals surface area contributed by atoms with E-state index in [9.17, 15) is 18.0 Å². The van der Waals surface area contributed by atoms with E-state index in [0.29, 0.717) is 17.3 Å². The van der Waals surface area contributed by atoms with Crippen LogP contribution in [0.15, 0.2) is 71.3 Å². The van der Waals surface area contributed by atoms with Crippen LogP contribution < -0.4 is 10.1 Å². The monoisotopic (exact) mass is 453 g/mol. The molecule has 0 unspecified atom stereocenters. The van der Waals surface area contributed by atoms with Gasteiger partial charge < -0.3 is 14.5 Å². The van der Waals surface area contributed by atoms with Gasteiger partial charge >= 0.3 is 6.18 Å². The molecular formula is C24H18F3N3O3. The minimum Gasteiger partial charge on any atom is -0.441 e. The zero-order valence-corrected chi connectivity index (χ0v) is 17.6. The van der Waals surface area contributed by atoms with Gasteiger partial charge in [0.05, 0.1) is 17.4 Å². The largest absolute Gasteiger partial charge is 0.441 e. The Hall–Kier alpha value is -4.14. The van der Waals surface area contributed by atoms with Crippen molar-refractivity contribution < 1.29 is 27.1 Å². The highest BCUT2D eigenvalue weighted by atomic mass is 19.4. The molecule has 0 fully saturated rings. The summed E-state index contributed by atoms with van der Waals surface area (Å²) in [4.78, 5) is 20.9. The van der Waals surface area contributed by atoms with Gasteiger partial charge in [-0.05, 0) is 50.2 Å². The first-order valence-corrected chi connectivity index (χ1v) is 9.86. The van der Waals surface area contributed by atoms with E-state index in [0.717, 1.165) is 17.7 Å². The van der Waals surface area contributed by atoms with Crippen LogP contribution in [0.3, 0.4) is 0 Å². The number of benzene rings is 2. The van der Waals surface area contributed by atoms with Crippen LogP contribution in [-0.2, 0) is 6.18 Å². The van der Waals surface area contributed by atoms with Crippen molar-refractivity contribution in [3.8, 4) is 23.1 Å². The van der Waals surface area contributed by atoms with Crippen molar-refractivity contribution in [1.29, 1.82) is 0 Å². The summed E-state index contributed by atoms with van der Waals surface area (Å²) in [6, 6.07) is 15.2. The van der Waals surface area contributed by atoms with E-state index in [-0.39, 0.29) is 22.9 Å². The van der Waals surface area contributed by atoms with Crippen molar-refractivity contribution in [3.05, 3.63) is 89.4 Å². The highest BCUT2D eigenvalue weighted by Gasteiger charge is 2.31. The number of carbonyl (C=O) groups excluding carboxylic acids is 1. The summed E-state index contributed by atoms with van der Waals surface area (Å²) < 4.78 is 50.0. The molecule has 4 rings (SSSR count). The summed E-state index contributed by atoms with van der Waals surface area (Å²) in [5, 5.41) is 2.64. The Kier molecular flexibility index (Phi) is 5.87. The zero-order valence-electron chi connectivity index (χ0n) is 17.6. The maximum Gasteiger partial charge on any atom is 0.416 e. The third-order valence-electron chi connectivity index (χ3n) is 4.69. The SMILES string of the molecule is Cc1ccc(Oc2ccc(NC(=O)c3nc(-c4cccc(C(F)(F)F)c4)oc3C)cn2)cc1. The van der Waals surface area contributed by atoms with Crippen molar-refractivity contribution in [2.24, 2.45) is 0 Å². The van der Waals surface area contributed by atoms with Crippen LogP contribution in [0.2, 0.25) is 0 Å². The molecular weight excluding hydrogens is 435 g/mol. The van der Waals surface area contributed by atoms with Gasteiger partial charge in [-0.3, -0.25) is 4.79 Å². The number of ether oxygens (including phenoxy) is 1. The Labute approximate surface area is 187 Å². The standard InChI is InChI=1S/C24H18F3N3O3/c1-14-6-9-19(10-7-14)33-20-11-8-18(13-28-20)29-22(31)21-15(2)32-23(30-21)16-4-3-5-17(12-16)24(25,26)27/h3-13H,1-2H3,(H,29,31). The zero-order chi connectivity index (χ0) is 23.6. The minimum atomic E-state index is -4.50. The number of hydrogen-bond acceptors (Lipinski definition) is 5. The van der Waals surface area contributed by atoms with Crippen LogP contribution >= 0.6 is 0 Å². The second-order valence-electron chi connectivity index (χ2n) is 7.26. The predicted octanol–water partition coefficient (Wildman–Crippen LogP) is 6.42. The average molecular weight is 453 g/mol. The van der Waals surface area contributed by atoms with E-state index < -0.39 is 17.6 Å². The molecule has 4 aromatic rings. The highest BCUT2D eigenvalue weighted by Crippen LogP contribution is 2.32. The fourth-order valence-electron chi connectivity index (χ4n) is 2.99. The molecule has 2 aromatic heterocycles. The fourth-order valence-corrected chi connectivity index (χ4v) is 2.99. The fraction of sp³-hybridized carbons (Fsp3) is 0.125. The number of aryl methyl sites for hydroxylation is 2. The molecule has 0 aliphatic carbocycles. The number of aromatic nitrogens is 2. The van der Waals surface area contributed by atoms with Gasteiger partial charge in [-0.2, -0.15) is 13.2 Å². The summed E-state index contributed by atoms with van der Waals surface area (Å²) in [5.74, 6) is 0.492. The molecule has 0 bridgehead atoms. The Morgan fingerprint density at radius 2 is 1.79 bits per heavy atom. The third-order valence-corrected chi connectivity index (χ3v) is 4.69. The second kappa shape index (κ2) is 8.78. The van der Waals surface area contributed by atoms with Crippen LogP contribution in [0.25, 0.3) is 11.5 Å². The van der Waals surface area contributed by atoms with Crippen molar-refractivity contribution in [3.63, 3.8) is 0 Å². The van der Waals surface area contributed by atoms with Crippen molar-refractivity contribution in [2.45, 2.75) is 20.0 Å². The molecule has 0 aliphatic heterocycles. The molecule has 168 valence electrons. The molecule has 33 heavy (non-hydrogen) atoms. The van der Waals surface area contributed by atoms with E-state index in [1.807, 2.05) is 31.2 Å². The van der Waals surface area contributed by atoms with Crippen LogP contribution in [0.5, 0.6) is 11.6 Å². The summed E-state index contributed by atoms with van der Waals surface area (Å²) >= 11 is 0. The topological polar surface area (TPSA) is 77.2 Å². The lowest BCUT2D eigenvalue weighted by molar-refractivity contribution is -0.137. The van der Waals surface area contributed by atoms with Gasteiger partial charge in [0.2, 0.25) is 11.8 Å². The molecule has 0 radical (unpaired) electrons. The smallest absolute Gasteiger partial charge is 0.416 e. The first kappa shape index (κ1) is 22.1. The number of oxazole rings is 1. The molecule has 2 heterocycles. The molecule has 0 saturated carbocycles. The summed E-state index contributed by atoms with van der Waals surface area (Å²) in [6.45, 7) is 3.48. The van der Waals surface area contributed by atoms with Crippen molar-refractivity contribution in [1.82, 2.24) is 9.97 Å². The van der Waals surface area contributed by atoms with E-state index in [1.165, 1.54) is 25.3 Å². The Morgan fingerprint density at radius 3 is 2.45 bits per heavy atom. The molecule has 0 aliphatic rings. The quantitative estimate of drug-likeness (QED) is 0.377. The number of rotatable bonds is 5. The molecule has 1 amide bonds. The number of amides is 1. The maximum atomic E-state index is 13.0. The van der Waals surface area contributed by atoms with E-state index in [2.05, 4.69) is 15.3 Å². The molecule has 9 heteroatoms. The predicted molar refractivity (Wildman–Crippen MR) is 115 cm³/mol. The molecule has 2 aromatic carbocycles. The average Bonchev–Trinajstić information content (AvgIpc) is 3.18. The second-order valence-corrected chi connectivity index (χ2v) is 7.26. The number of hydrogen-bond donors (Lipinski definition) is 1. The normalized spacial score (nSPS) is 11.3. The van der Waals surface area contributed by atoms with Gasteiger partial charge in [-0.15, -0.1) is 0 Å². The lowest BCUT2D eigenvalue weighted by atomic mass is 10.1. The van der Waals surface area contributed by atoms with E-state index >= 15 is 0 Å². The van der Waals surface area contributed by atoms with Gasteiger partial charge in [-0.1, -0.05) is 23.8 Å². The number of nitrogens with one attached hydrogen (secondary N) is 1. The number of anilines is 1. The first-order chi connectivity index (χ1) is 15.7. The Balaban J connectivity index is 1.47. The first-order valence-electron chi connectivity index (χ1n) is 9.86. The summed E-state index contributed by atoms with van der Waals surface area (Å²) in [5.41, 5.74) is 0.738. The highest BCUT2D eigenvalue weighted by molar-refractivity contribution is 6.03. The molecule has 1 N–H and O–H groups in total. The van der Waals surface area contributed by atoms with Crippen LogP contribution in [0.4, 0.5) is 18.9 Å². The molecule has 0 spiro atoms. The number of carbonyl (C=O) groups is 1. The number of halogens is 3. The van der Waals surface area contributed by atoms with Gasteiger partial charge in [0.1, 0.15) is 11.5 Å². The maximum absolute atomic E-state index is 13.0. The van der Waals surface area contributed by atoms with Crippen LogP contribution in [-0.4, -0.2) is 15.9 Å². The van der Waals surface area contributed by atoms with Gasteiger partial charge in [0, 0.05) is 11.6 Å². The number of nitrogens with zero attached hydrogens (tertiary/aromatic N) is 2. The Morgan fingerprint density at radius 1 is 1.03 bits per heavy atom. The van der Waals surface area contributed by atoms with E-state index in [1.54, 1.807) is 12.1 Å². The number of alkyl halides is 3. The molecule has 0 saturated heterocycles. The van der Waals surface area contributed by atoms with Crippen molar-refractivity contribution in [2.75, 3.05) is 5.32 Å². The van der Waals surface area contributed by atoms with Gasteiger partial charge in [0.25, 0.3) is 5.91 Å². The lowest BCUT2D eigenvalue weighted by Crippen LogP contribution is -2.13. The third kappa shape index (κ3) is 5.20. The van der Waals surface area contributed by atoms with Crippen molar-refractivity contribution >= 4 is 11.6 Å². The van der Waals surface area contributed by atoms with Crippen LogP contribution in [0.1, 0.15) is 27.4 Å². The summed E-state index contributed by atoms with van der Waals surface area (Å²) in [7, 11) is 0. The van der Waals surface area contributed by atoms with E-state index in [4.69, 9.17) is 9.15 Å². The molecule has 6 nitrogen and oxygen atoms in total. The lowest BCUT2D eigenvalue weighted by Gasteiger charge is -2.07. The van der Waals surface area contributed by atoms with Gasteiger partial charge in [0.15, 0.2) is 5.69 Å². The number of pyridine rings is 1. The summed E-state index contributed by atoms with van der Waals surface area (Å²) in [6.07, 6.45) is -3.08. The van der Waals surface area contributed by atoms with Gasteiger partial charge in [-0.25, -0.2) is 9.97 Å². The van der Waals surface area contributed by atoms with Crippen LogP contribution in [0, 0.1) is 13.8 Å².